The van der Waals surface area contributed by atoms with E-state index in [1.807, 2.05) is 6.92 Å². The smallest absolute Gasteiger partial charge is 0.337 e. The fourth-order valence-electron chi connectivity index (χ4n) is 1.45. The lowest BCUT2D eigenvalue weighted by Gasteiger charge is -2.05. The van der Waals surface area contributed by atoms with Gasteiger partial charge in [0.1, 0.15) is 6.29 Å². The fraction of sp³-hybridized carbons (Fsp3) is 0.333. The van der Waals surface area contributed by atoms with Crippen LogP contribution in [-0.2, 0) is 11.2 Å². The molecule has 1 aromatic carbocycles. The molecular formula is C12H14O3. The molecule has 3 nitrogen and oxygen atoms in total. The van der Waals surface area contributed by atoms with Crippen LogP contribution in [0.1, 0.15) is 39.6 Å². The highest BCUT2D eigenvalue weighted by Crippen LogP contribution is 2.13. The fourth-order valence-corrected chi connectivity index (χ4v) is 1.45. The summed E-state index contributed by atoms with van der Waals surface area (Å²) in [5, 5.41) is 0. The molecule has 3 heteroatoms. The largest absolute Gasteiger partial charge is 0.465 e. The number of esters is 1. The maximum absolute atomic E-state index is 11.3. The Labute approximate surface area is 89.1 Å². The first-order chi connectivity index (χ1) is 7.22. The van der Waals surface area contributed by atoms with E-state index in [0.29, 0.717) is 11.1 Å². The van der Waals surface area contributed by atoms with Crippen LogP contribution in [0.4, 0.5) is 0 Å². The van der Waals surface area contributed by atoms with Crippen LogP contribution in [0.2, 0.25) is 0 Å². The molecule has 1 rings (SSSR count). The van der Waals surface area contributed by atoms with Crippen LogP contribution in [-0.4, -0.2) is 19.4 Å². The first-order valence-corrected chi connectivity index (χ1v) is 4.89. The molecule has 0 spiro atoms. The molecule has 80 valence electrons. The van der Waals surface area contributed by atoms with Crippen molar-refractivity contribution in [2.24, 2.45) is 0 Å². The molecule has 0 amide bonds. The lowest BCUT2D eigenvalue weighted by Crippen LogP contribution is -2.03. The molecule has 0 N–H and O–H groups in total. The minimum absolute atomic E-state index is 0.371. The summed E-state index contributed by atoms with van der Waals surface area (Å²) in [5.74, 6) is -0.371. The normalized spacial score (nSPS) is 9.73. The van der Waals surface area contributed by atoms with E-state index in [1.54, 1.807) is 18.2 Å². The Bertz CT molecular complexity index is 369. The first-order valence-electron chi connectivity index (χ1n) is 4.89. The van der Waals surface area contributed by atoms with Gasteiger partial charge < -0.3 is 4.74 Å². The summed E-state index contributed by atoms with van der Waals surface area (Å²) in [6.07, 6.45) is 2.54. The van der Waals surface area contributed by atoms with E-state index < -0.39 is 0 Å². The van der Waals surface area contributed by atoms with Gasteiger partial charge in [-0.1, -0.05) is 19.4 Å². The van der Waals surface area contributed by atoms with Gasteiger partial charge in [0.05, 0.1) is 12.7 Å². The van der Waals surface area contributed by atoms with E-state index in [0.717, 1.165) is 24.7 Å². The van der Waals surface area contributed by atoms with E-state index in [2.05, 4.69) is 4.74 Å². The zero-order chi connectivity index (χ0) is 11.3. The number of methoxy groups -OCH3 is 1. The van der Waals surface area contributed by atoms with Gasteiger partial charge in [-0.2, -0.15) is 0 Å². The summed E-state index contributed by atoms with van der Waals surface area (Å²) in [4.78, 5) is 22.0. The number of aryl methyl sites for hydroxylation is 1. The maximum atomic E-state index is 11.3. The molecule has 0 bridgehead atoms. The third-order valence-corrected chi connectivity index (χ3v) is 2.21. The molecular weight excluding hydrogens is 192 g/mol. The SMILES string of the molecule is CCCc1cc(C(=O)OC)ccc1C=O. The lowest BCUT2D eigenvalue weighted by molar-refractivity contribution is 0.0600. The number of carbonyl (C=O) groups excluding carboxylic acids is 2. The van der Waals surface area contributed by atoms with Crippen molar-refractivity contribution in [1.29, 1.82) is 0 Å². The van der Waals surface area contributed by atoms with E-state index in [1.165, 1.54) is 7.11 Å². The van der Waals surface area contributed by atoms with E-state index >= 15 is 0 Å². The van der Waals surface area contributed by atoms with Gasteiger partial charge in [0.2, 0.25) is 0 Å². The summed E-state index contributed by atoms with van der Waals surface area (Å²) in [7, 11) is 1.34. The maximum Gasteiger partial charge on any atom is 0.337 e. The van der Waals surface area contributed by atoms with Crippen molar-refractivity contribution in [2.75, 3.05) is 7.11 Å². The Balaban J connectivity index is 3.09. The Kier molecular flexibility index (Phi) is 4.03. The number of hydrogen-bond acceptors (Lipinski definition) is 3. The average molecular weight is 206 g/mol. The van der Waals surface area contributed by atoms with Crippen LogP contribution in [0, 0.1) is 0 Å². The third-order valence-electron chi connectivity index (χ3n) is 2.21. The highest BCUT2D eigenvalue weighted by molar-refractivity contribution is 5.91. The number of benzene rings is 1. The standard InChI is InChI=1S/C12H14O3/c1-3-4-9-7-10(12(14)15-2)5-6-11(9)8-13/h5-8H,3-4H2,1-2H3. The second kappa shape index (κ2) is 5.29. The number of hydrogen-bond donors (Lipinski definition) is 0. The van der Waals surface area contributed by atoms with Gasteiger partial charge in [-0.25, -0.2) is 4.79 Å². The van der Waals surface area contributed by atoms with Crippen LogP contribution in [0.3, 0.4) is 0 Å². The molecule has 0 aliphatic rings. The number of ether oxygens (including phenoxy) is 1. The average Bonchev–Trinajstić information content (AvgIpc) is 2.28. The molecule has 15 heavy (non-hydrogen) atoms. The topological polar surface area (TPSA) is 43.4 Å². The second-order valence-corrected chi connectivity index (χ2v) is 3.27. The predicted molar refractivity (Wildman–Crippen MR) is 57.2 cm³/mol. The third kappa shape index (κ3) is 2.65. The monoisotopic (exact) mass is 206 g/mol. The highest BCUT2D eigenvalue weighted by atomic mass is 16.5. The molecule has 0 heterocycles. The van der Waals surface area contributed by atoms with Crippen molar-refractivity contribution in [3.05, 3.63) is 34.9 Å². The molecule has 1 aromatic rings. The zero-order valence-electron chi connectivity index (χ0n) is 8.95. The minimum atomic E-state index is -0.371. The first kappa shape index (κ1) is 11.4. The summed E-state index contributed by atoms with van der Waals surface area (Å²) in [6, 6.07) is 4.98. The van der Waals surface area contributed by atoms with Gasteiger partial charge in [0.25, 0.3) is 0 Å². The van der Waals surface area contributed by atoms with Crippen molar-refractivity contribution >= 4 is 12.3 Å². The summed E-state index contributed by atoms with van der Waals surface area (Å²) >= 11 is 0. The van der Waals surface area contributed by atoms with Crippen molar-refractivity contribution in [2.45, 2.75) is 19.8 Å². The molecule has 0 saturated heterocycles. The van der Waals surface area contributed by atoms with Gasteiger partial charge in [-0.15, -0.1) is 0 Å². The number of aldehydes is 1. The van der Waals surface area contributed by atoms with Crippen molar-refractivity contribution < 1.29 is 14.3 Å². The number of rotatable bonds is 4. The minimum Gasteiger partial charge on any atom is -0.465 e. The van der Waals surface area contributed by atoms with Gasteiger partial charge in [-0.05, 0) is 24.1 Å². The van der Waals surface area contributed by atoms with Gasteiger partial charge >= 0.3 is 5.97 Å². The van der Waals surface area contributed by atoms with Crippen LogP contribution < -0.4 is 0 Å². The van der Waals surface area contributed by atoms with Crippen LogP contribution in [0.5, 0.6) is 0 Å². The molecule has 0 fully saturated rings. The molecule has 0 unspecified atom stereocenters. The number of carbonyl (C=O) groups is 2. The van der Waals surface area contributed by atoms with Gasteiger partial charge in [0, 0.05) is 5.56 Å². The van der Waals surface area contributed by atoms with Crippen molar-refractivity contribution in [3.8, 4) is 0 Å². The van der Waals surface area contributed by atoms with Crippen LogP contribution >= 0.6 is 0 Å². The second-order valence-electron chi connectivity index (χ2n) is 3.27. The molecule has 0 aromatic heterocycles. The Morgan fingerprint density at radius 2 is 2.20 bits per heavy atom. The van der Waals surface area contributed by atoms with E-state index in [4.69, 9.17) is 0 Å². The highest BCUT2D eigenvalue weighted by Gasteiger charge is 2.08. The molecule has 0 saturated carbocycles. The summed E-state index contributed by atoms with van der Waals surface area (Å²) in [6.45, 7) is 2.03. The van der Waals surface area contributed by atoms with Crippen LogP contribution in [0.15, 0.2) is 18.2 Å². The molecule has 0 aliphatic heterocycles. The van der Waals surface area contributed by atoms with Gasteiger partial charge in [0.15, 0.2) is 0 Å². The van der Waals surface area contributed by atoms with Crippen LogP contribution in [0.25, 0.3) is 0 Å². The Morgan fingerprint density at radius 1 is 1.47 bits per heavy atom. The Hall–Kier alpha value is -1.64. The van der Waals surface area contributed by atoms with E-state index in [9.17, 15) is 9.59 Å². The molecule has 0 atom stereocenters. The predicted octanol–water partition coefficient (Wildman–Crippen LogP) is 2.24. The quantitative estimate of drug-likeness (QED) is 0.560. The molecule has 0 aliphatic carbocycles. The molecule has 0 radical (unpaired) electrons. The Morgan fingerprint density at radius 3 is 2.73 bits per heavy atom. The van der Waals surface area contributed by atoms with E-state index in [-0.39, 0.29) is 5.97 Å². The summed E-state index contributed by atoms with van der Waals surface area (Å²) in [5.41, 5.74) is 2.03. The summed E-state index contributed by atoms with van der Waals surface area (Å²) < 4.78 is 4.62. The van der Waals surface area contributed by atoms with Gasteiger partial charge in [-0.3, -0.25) is 4.79 Å². The lowest BCUT2D eigenvalue weighted by atomic mass is 10.0. The zero-order valence-corrected chi connectivity index (χ0v) is 8.95. The van der Waals surface area contributed by atoms with Crippen molar-refractivity contribution in [1.82, 2.24) is 0 Å². The van der Waals surface area contributed by atoms with Crippen molar-refractivity contribution in [3.63, 3.8) is 0 Å².